The van der Waals surface area contributed by atoms with E-state index in [0.717, 1.165) is 63.7 Å². The van der Waals surface area contributed by atoms with Crippen LogP contribution in [0.4, 0.5) is 11.4 Å². The topological polar surface area (TPSA) is 25.2 Å². The van der Waals surface area contributed by atoms with Gasteiger partial charge in [0.2, 0.25) is 0 Å². The maximum atomic E-state index is 6.36. The van der Waals surface area contributed by atoms with E-state index in [1.54, 1.807) is 0 Å². The van der Waals surface area contributed by atoms with Crippen LogP contribution in [-0.4, -0.2) is 0 Å². The fourth-order valence-electron chi connectivity index (χ4n) is 8.69. The molecule has 4 aliphatic carbocycles. The highest BCUT2D eigenvalue weighted by Gasteiger charge is 2.51. The molecule has 1 unspecified atom stereocenters. The van der Waals surface area contributed by atoms with Crippen LogP contribution in [0.1, 0.15) is 35.1 Å². The van der Waals surface area contributed by atoms with Crippen molar-refractivity contribution in [2.45, 2.75) is 24.7 Å². The SMILES string of the molecule is C1=CCC2=C(C=C1)Cc1ccccc1C21C2=C(C=CCC=C2)c2c(Nc3ccc(-c4cccc5c4oc4ccccc45)cc3)cccc21. The molecule has 1 heterocycles. The van der Waals surface area contributed by atoms with E-state index < -0.39 is 0 Å². The maximum absolute atomic E-state index is 6.36. The van der Waals surface area contributed by atoms with Crippen LogP contribution in [0.3, 0.4) is 0 Å². The van der Waals surface area contributed by atoms with Gasteiger partial charge in [0.05, 0.1) is 5.41 Å². The monoisotopic (exact) mass is 615 g/mol. The molecule has 2 heteroatoms. The molecular formula is C46H33NO. The highest BCUT2D eigenvalue weighted by Crippen LogP contribution is 2.61. The van der Waals surface area contributed by atoms with Crippen molar-refractivity contribution >= 4 is 38.9 Å². The van der Waals surface area contributed by atoms with E-state index in [2.05, 4.69) is 151 Å². The van der Waals surface area contributed by atoms with Gasteiger partial charge in [-0.15, -0.1) is 0 Å². The van der Waals surface area contributed by atoms with Gasteiger partial charge in [0.25, 0.3) is 0 Å². The highest BCUT2D eigenvalue weighted by atomic mass is 16.3. The summed E-state index contributed by atoms with van der Waals surface area (Å²) < 4.78 is 6.36. The van der Waals surface area contributed by atoms with Gasteiger partial charge in [0.1, 0.15) is 11.2 Å². The van der Waals surface area contributed by atoms with Crippen molar-refractivity contribution in [3.63, 3.8) is 0 Å². The number of rotatable bonds is 3. The molecule has 1 aromatic heterocycles. The van der Waals surface area contributed by atoms with Crippen LogP contribution >= 0.6 is 0 Å². The number of benzene rings is 5. The minimum atomic E-state index is -0.341. The van der Waals surface area contributed by atoms with Gasteiger partial charge in [-0.25, -0.2) is 0 Å². The number of hydrogen-bond acceptors (Lipinski definition) is 2. The Kier molecular flexibility index (Phi) is 6.01. The molecule has 1 atom stereocenters. The average molecular weight is 616 g/mol. The lowest BCUT2D eigenvalue weighted by Crippen LogP contribution is -2.35. The van der Waals surface area contributed by atoms with Gasteiger partial charge in [-0.05, 0) is 88.1 Å². The number of fused-ring (bicyclic) bond motifs is 10. The molecule has 0 amide bonds. The van der Waals surface area contributed by atoms with Gasteiger partial charge in [-0.2, -0.15) is 0 Å². The smallest absolute Gasteiger partial charge is 0.143 e. The minimum absolute atomic E-state index is 0.341. The average Bonchev–Trinajstić information content (AvgIpc) is 3.36. The fourth-order valence-corrected chi connectivity index (χ4v) is 8.69. The third kappa shape index (κ3) is 3.86. The molecular weight excluding hydrogens is 583 g/mol. The Bertz CT molecular complexity index is 2490. The maximum Gasteiger partial charge on any atom is 0.143 e. The predicted molar refractivity (Wildman–Crippen MR) is 200 cm³/mol. The van der Waals surface area contributed by atoms with Crippen LogP contribution in [0.25, 0.3) is 38.6 Å². The van der Waals surface area contributed by atoms with Crippen LogP contribution in [-0.2, 0) is 11.8 Å². The lowest BCUT2D eigenvalue weighted by Gasteiger charge is -2.42. The molecule has 1 N–H and O–H groups in total. The summed E-state index contributed by atoms with van der Waals surface area (Å²) in [6.45, 7) is 0. The Morgan fingerprint density at radius 3 is 2.42 bits per heavy atom. The van der Waals surface area contributed by atoms with Crippen LogP contribution in [0.2, 0.25) is 0 Å². The van der Waals surface area contributed by atoms with E-state index in [1.807, 2.05) is 12.1 Å². The summed E-state index contributed by atoms with van der Waals surface area (Å²) in [5.74, 6) is 0. The van der Waals surface area contributed by atoms with E-state index in [-0.39, 0.29) is 5.41 Å². The highest BCUT2D eigenvalue weighted by molar-refractivity contribution is 6.09. The molecule has 48 heavy (non-hydrogen) atoms. The summed E-state index contributed by atoms with van der Waals surface area (Å²) in [6.07, 6.45) is 21.4. The molecule has 0 saturated carbocycles. The molecule has 0 radical (unpaired) electrons. The molecule has 1 spiro atoms. The van der Waals surface area contributed by atoms with Gasteiger partial charge in [0.15, 0.2) is 0 Å². The zero-order chi connectivity index (χ0) is 31.7. The normalized spacial score (nSPS) is 19.0. The Balaban J connectivity index is 1.11. The Labute approximate surface area is 280 Å². The van der Waals surface area contributed by atoms with Gasteiger partial charge < -0.3 is 9.73 Å². The second kappa shape index (κ2) is 10.6. The largest absolute Gasteiger partial charge is 0.455 e. The minimum Gasteiger partial charge on any atom is -0.455 e. The number of nitrogens with one attached hydrogen (secondary N) is 1. The summed E-state index contributed by atoms with van der Waals surface area (Å²) in [6, 6.07) is 39.5. The van der Waals surface area contributed by atoms with Gasteiger partial charge in [0, 0.05) is 33.3 Å². The van der Waals surface area contributed by atoms with Crippen molar-refractivity contribution in [2.75, 3.05) is 5.32 Å². The van der Waals surface area contributed by atoms with Gasteiger partial charge in [-0.1, -0.05) is 134 Å². The third-order valence-corrected chi connectivity index (χ3v) is 10.7. The zero-order valence-electron chi connectivity index (χ0n) is 26.5. The van der Waals surface area contributed by atoms with E-state index in [9.17, 15) is 0 Å². The summed E-state index contributed by atoms with van der Waals surface area (Å²) >= 11 is 0. The zero-order valence-corrected chi connectivity index (χ0v) is 26.5. The Morgan fingerprint density at radius 2 is 1.46 bits per heavy atom. The van der Waals surface area contributed by atoms with Crippen molar-refractivity contribution in [1.29, 1.82) is 0 Å². The van der Waals surface area contributed by atoms with Crippen molar-refractivity contribution in [1.82, 2.24) is 0 Å². The summed E-state index contributed by atoms with van der Waals surface area (Å²) in [7, 11) is 0. The summed E-state index contributed by atoms with van der Waals surface area (Å²) in [5.41, 5.74) is 17.1. The first-order chi connectivity index (χ1) is 23.8. The molecule has 0 fully saturated rings. The quantitative estimate of drug-likeness (QED) is 0.214. The molecule has 0 bridgehead atoms. The van der Waals surface area contributed by atoms with Crippen LogP contribution in [0, 0.1) is 0 Å². The first kappa shape index (κ1) is 27.3. The van der Waals surface area contributed by atoms with Gasteiger partial charge >= 0.3 is 0 Å². The molecule has 5 aromatic carbocycles. The number of furan rings is 1. The number of anilines is 2. The van der Waals surface area contributed by atoms with Crippen LogP contribution in [0.5, 0.6) is 0 Å². The van der Waals surface area contributed by atoms with Crippen LogP contribution in [0.15, 0.2) is 179 Å². The van der Waals surface area contributed by atoms with Crippen LogP contribution < -0.4 is 5.32 Å². The number of para-hydroxylation sites is 2. The standard InChI is InChI=1S/C46H33NO/c1-3-13-31-29-32-14-7-9-20-39(32)46(38(31)19-5-1)40-21-6-2-4-16-37(40)44-41(46)22-12-23-42(44)47-33-27-25-30(26-28-33)34-17-11-18-36-35-15-8-10-24-43(35)48-45(34)36/h1,3-18,20-28,47H,2,19,29H2. The first-order valence-electron chi connectivity index (χ1n) is 16.9. The summed E-state index contributed by atoms with van der Waals surface area (Å²) in [5, 5.41) is 6.17. The van der Waals surface area contributed by atoms with E-state index >= 15 is 0 Å². The second-order valence-electron chi connectivity index (χ2n) is 13.2. The molecule has 0 saturated heterocycles. The lowest BCUT2D eigenvalue weighted by atomic mass is 9.60. The third-order valence-electron chi connectivity index (χ3n) is 10.7. The number of hydrogen-bond donors (Lipinski definition) is 1. The second-order valence-corrected chi connectivity index (χ2v) is 13.2. The molecule has 6 aromatic rings. The fraction of sp³-hybridized carbons (Fsp3) is 0.0870. The van der Waals surface area contributed by atoms with E-state index in [1.165, 1.54) is 44.5 Å². The molecule has 2 nitrogen and oxygen atoms in total. The first-order valence-corrected chi connectivity index (χ1v) is 16.9. The van der Waals surface area contributed by atoms with Crippen molar-refractivity contribution < 1.29 is 4.42 Å². The molecule has 4 aliphatic rings. The Hall–Kier alpha value is -5.86. The van der Waals surface area contributed by atoms with E-state index in [0.29, 0.717) is 0 Å². The van der Waals surface area contributed by atoms with Crippen molar-refractivity contribution in [3.8, 4) is 11.1 Å². The molecule has 10 rings (SSSR count). The van der Waals surface area contributed by atoms with Gasteiger partial charge in [-0.3, -0.25) is 0 Å². The van der Waals surface area contributed by atoms with Crippen molar-refractivity contribution in [2.24, 2.45) is 0 Å². The molecule has 228 valence electrons. The van der Waals surface area contributed by atoms with Crippen molar-refractivity contribution in [3.05, 3.63) is 197 Å². The number of allylic oxidation sites excluding steroid dienone is 12. The predicted octanol–water partition coefficient (Wildman–Crippen LogP) is 11.9. The summed E-state index contributed by atoms with van der Waals surface area (Å²) in [4.78, 5) is 0. The van der Waals surface area contributed by atoms with E-state index in [4.69, 9.17) is 4.42 Å². The Morgan fingerprint density at radius 1 is 0.646 bits per heavy atom. The molecule has 0 aliphatic heterocycles. The lowest BCUT2D eigenvalue weighted by molar-refractivity contribution is 0.670.